The van der Waals surface area contributed by atoms with Gasteiger partial charge in [0.25, 0.3) is 0 Å². The molecule has 0 N–H and O–H groups in total. The van der Waals surface area contributed by atoms with Gasteiger partial charge in [-0.15, -0.1) is 0 Å². The fourth-order valence-electron chi connectivity index (χ4n) is 2.81. The van der Waals surface area contributed by atoms with Crippen LogP contribution in [0.1, 0.15) is 27.0 Å². The van der Waals surface area contributed by atoms with E-state index in [1.54, 1.807) is 0 Å². The van der Waals surface area contributed by atoms with Crippen molar-refractivity contribution in [2.45, 2.75) is 20.4 Å². The first-order chi connectivity index (χ1) is 10.1. The topological polar surface area (TPSA) is 22.0 Å². The Morgan fingerprint density at radius 1 is 1.05 bits per heavy atom. The number of fused-ring (bicyclic) bond motifs is 1. The Kier molecular flexibility index (Phi) is 3.56. The smallest absolute Gasteiger partial charge is 0.153 e. The van der Waals surface area contributed by atoms with Crippen molar-refractivity contribution >= 4 is 28.8 Å². The second kappa shape index (κ2) is 5.38. The van der Waals surface area contributed by atoms with Crippen LogP contribution < -0.4 is 0 Å². The number of hydrogen-bond acceptors (Lipinski definition) is 1. The third-order valence-corrected chi connectivity index (χ3v) is 4.37. The summed E-state index contributed by atoms with van der Waals surface area (Å²) in [4.78, 5) is 11.4. The maximum atomic E-state index is 11.4. The largest absolute Gasteiger partial charge is 0.326 e. The van der Waals surface area contributed by atoms with Crippen LogP contribution in [0.2, 0.25) is 5.15 Å². The number of carbonyl (C=O) groups excluding carboxylic acids is 1. The van der Waals surface area contributed by atoms with Crippen molar-refractivity contribution in [1.82, 2.24) is 4.57 Å². The molecule has 0 saturated carbocycles. The standard InChI is InChI=1S/C18H16ClNO/c1-12-6-3-4-8-14(12)10-20-17-13(2)7-5-9-15(17)16(11-21)18(20)19/h3-9,11H,10H2,1-2H3. The van der Waals surface area contributed by atoms with E-state index < -0.39 is 0 Å². The Morgan fingerprint density at radius 2 is 1.76 bits per heavy atom. The molecule has 0 amide bonds. The SMILES string of the molecule is Cc1ccccc1Cn1c(Cl)c(C=O)c2cccc(C)c21. The third kappa shape index (κ3) is 2.26. The van der Waals surface area contributed by atoms with Gasteiger partial charge >= 0.3 is 0 Å². The molecule has 0 atom stereocenters. The number of halogens is 1. The molecule has 1 heterocycles. The van der Waals surface area contributed by atoms with Crippen molar-refractivity contribution in [2.24, 2.45) is 0 Å². The lowest BCUT2D eigenvalue weighted by atomic mass is 10.1. The zero-order chi connectivity index (χ0) is 15.0. The van der Waals surface area contributed by atoms with Crippen molar-refractivity contribution in [2.75, 3.05) is 0 Å². The van der Waals surface area contributed by atoms with E-state index in [0.29, 0.717) is 17.3 Å². The summed E-state index contributed by atoms with van der Waals surface area (Å²) in [5.74, 6) is 0. The van der Waals surface area contributed by atoms with Gasteiger partial charge in [-0.05, 0) is 30.5 Å². The molecule has 2 aromatic carbocycles. The molecular formula is C18H16ClNO. The molecule has 0 saturated heterocycles. The number of nitrogens with zero attached hydrogens (tertiary/aromatic N) is 1. The molecule has 2 nitrogen and oxygen atoms in total. The number of aromatic nitrogens is 1. The molecule has 0 unspecified atom stereocenters. The zero-order valence-electron chi connectivity index (χ0n) is 12.1. The molecule has 0 radical (unpaired) electrons. The summed E-state index contributed by atoms with van der Waals surface area (Å²) < 4.78 is 2.03. The molecule has 3 rings (SSSR count). The highest BCUT2D eigenvalue weighted by atomic mass is 35.5. The molecule has 0 aliphatic carbocycles. The van der Waals surface area contributed by atoms with Crippen molar-refractivity contribution in [3.8, 4) is 0 Å². The van der Waals surface area contributed by atoms with Crippen LogP contribution in [-0.2, 0) is 6.54 Å². The van der Waals surface area contributed by atoms with Crippen molar-refractivity contribution in [3.63, 3.8) is 0 Å². The van der Waals surface area contributed by atoms with E-state index in [1.807, 2.05) is 41.8 Å². The van der Waals surface area contributed by atoms with Crippen LogP contribution >= 0.6 is 11.6 Å². The minimum atomic E-state index is 0.512. The maximum Gasteiger partial charge on any atom is 0.153 e. The average molecular weight is 298 g/mol. The number of aldehydes is 1. The molecular weight excluding hydrogens is 282 g/mol. The molecule has 3 heteroatoms. The van der Waals surface area contributed by atoms with E-state index in [-0.39, 0.29) is 0 Å². The quantitative estimate of drug-likeness (QED) is 0.638. The Labute approximate surface area is 129 Å². The Morgan fingerprint density at radius 3 is 2.48 bits per heavy atom. The molecule has 0 bridgehead atoms. The lowest BCUT2D eigenvalue weighted by molar-refractivity contribution is 0.112. The van der Waals surface area contributed by atoms with Crippen molar-refractivity contribution in [1.29, 1.82) is 0 Å². The van der Waals surface area contributed by atoms with Crippen LogP contribution in [0.4, 0.5) is 0 Å². The van der Waals surface area contributed by atoms with Gasteiger partial charge in [-0.3, -0.25) is 4.79 Å². The van der Waals surface area contributed by atoms with Gasteiger partial charge < -0.3 is 4.57 Å². The number of para-hydroxylation sites is 1. The van der Waals surface area contributed by atoms with Crippen molar-refractivity contribution in [3.05, 3.63) is 69.9 Å². The number of carbonyl (C=O) groups is 1. The monoisotopic (exact) mass is 297 g/mol. The van der Waals surface area contributed by atoms with Gasteiger partial charge in [-0.25, -0.2) is 0 Å². The fraction of sp³-hybridized carbons (Fsp3) is 0.167. The first kappa shape index (κ1) is 13.9. The number of aryl methyl sites for hydroxylation is 2. The van der Waals surface area contributed by atoms with E-state index in [2.05, 4.69) is 19.1 Å². The minimum Gasteiger partial charge on any atom is -0.326 e. The Bertz CT molecular complexity index is 833. The van der Waals surface area contributed by atoms with E-state index in [1.165, 1.54) is 11.1 Å². The Balaban J connectivity index is 2.25. The average Bonchev–Trinajstić information content (AvgIpc) is 2.75. The minimum absolute atomic E-state index is 0.512. The zero-order valence-corrected chi connectivity index (χ0v) is 12.8. The summed E-state index contributed by atoms with van der Waals surface area (Å²) in [6, 6.07) is 14.2. The van der Waals surface area contributed by atoms with E-state index in [4.69, 9.17) is 11.6 Å². The second-order valence-electron chi connectivity index (χ2n) is 5.31. The van der Waals surface area contributed by atoms with E-state index in [0.717, 1.165) is 22.8 Å². The van der Waals surface area contributed by atoms with Crippen LogP contribution in [0.25, 0.3) is 10.9 Å². The van der Waals surface area contributed by atoms with Gasteiger partial charge in [-0.1, -0.05) is 54.1 Å². The second-order valence-corrected chi connectivity index (χ2v) is 5.66. The molecule has 3 aromatic rings. The highest BCUT2D eigenvalue weighted by molar-refractivity contribution is 6.34. The molecule has 0 aliphatic rings. The molecule has 106 valence electrons. The van der Waals surface area contributed by atoms with E-state index >= 15 is 0 Å². The Hall–Kier alpha value is -2.06. The molecule has 21 heavy (non-hydrogen) atoms. The summed E-state index contributed by atoms with van der Waals surface area (Å²) in [5, 5.41) is 1.43. The molecule has 0 aliphatic heterocycles. The van der Waals surface area contributed by atoms with Crippen LogP contribution in [0, 0.1) is 13.8 Å². The number of hydrogen-bond donors (Lipinski definition) is 0. The van der Waals surface area contributed by atoms with Crippen LogP contribution in [-0.4, -0.2) is 10.9 Å². The molecule has 0 spiro atoms. The van der Waals surface area contributed by atoms with Crippen molar-refractivity contribution < 1.29 is 4.79 Å². The lowest BCUT2D eigenvalue weighted by Crippen LogP contribution is -2.02. The lowest BCUT2D eigenvalue weighted by Gasteiger charge is -2.11. The summed E-state index contributed by atoms with van der Waals surface area (Å²) >= 11 is 6.46. The van der Waals surface area contributed by atoms with Gasteiger partial charge in [0.2, 0.25) is 0 Å². The van der Waals surface area contributed by atoms with E-state index in [9.17, 15) is 4.79 Å². The van der Waals surface area contributed by atoms with Crippen LogP contribution in [0.15, 0.2) is 42.5 Å². The van der Waals surface area contributed by atoms with Gasteiger partial charge in [0.15, 0.2) is 6.29 Å². The van der Waals surface area contributed by atoms with Gasteiger partial charge in [0, 0.05) is 11.9 Å². The van der Waals surface area contributed by atoms with Gasteiger partial charge in [0.05, 0.1) is 11.1 Å². The summed E-state index contributed by atoms with van der Waals surface area (Å²) in [6.07, 6.45) is 0.846. The highest BCUT2D eigenvalue weighted by Gasteiger charge is 2.17. The first-order valence-electron chi connectivity index (χ1n) is 6.90. The predicted octanol–water partition coefficient (Wildman–Crippen LogP) is 4.77. The highest BCUT2D eigenvalue weighted by Crippen LogP contribution is 2.32. The first-order valence-corrected chi connectivity index (χ1v) is 7.28. The normalized spacial score (nSPS) is 11.0. The summed E-state index contributed by atoms with van der Waals surface area (Å²) in [7, 11) is 0. The molecule has 1 aromatic heterocycles. The number of rotatable bonds is 3. The maximum absolute atomic E-state index is 11.4. The fourth-order valence-corrected chi connectivity index (χ4v) is 3.10. The number of benzene rings is 2. The molecule has 0 fully saturated rings. The third-order valence-electron chi connectivity index (χ3n) is 3.96. The van der Waals surface area contributed by atoms with Crippen LogP contribution in [0.3, 0.4) is 0 Å². The summed E-state index contributed by atoms with van der Waals surface area (Å²) in [5.41, 5.74) is 5.15. The predicted molar refractivity (Wildman–Crippen MR) is 87.4 cm³/mol. The van der Waals surface area contributed by atoms with Gasteiger partial charge in [0.1, 0.15) is 5.15 Å². The van der Waals surface area contributed by atoms with Crippen LogP contribution in [0.5, 0.6) is 0 Å². The van der Waals surface area contributed by atoms with Gasteiger partial charge in [-0.2, -0.15) is 0 Å². The summed E-state index contributed by atoms with van der Waals surface area (Å²) in [6.45, 7) is 4.80.